The summed E-state index contributed by atoms with van der Waals surface area (Å²) in [5.74, 6) is 0.835. The van der Waals surface area contributed by atoms with E-state index in [2.05, 4.69) is 4.98 Å². The van der Waals surface area contributed by atoms with Crippen LogP contribution in [0.5, 0.6) is 5.88 Å². The molecule has 0 radical (unpaired) electrons. The van der Waals surface area contributed by atoms with Crippen LogP contribution in [0.2, 0.25) is 0 Å². The molecule has 2 amide bonds. The second kappa shape index (κ2) is 9.36. The van der Waals surface area contributed by atoms with Gasteiger partial charge in [-0.3, -0.25) is 9.59 Å². The van der Waals surface area contributed by atoms with E-state index in [1.54, 1.807) is 26.3 Å². The minimum absolute atomic E-state index is 0.0116. The quantitative estimate of drug-likeness (QED) is 0.745. The summed E-state index contributed by atoms with van der Waals surface area (Å²) in [5, 5.41) is 0. The van der Waals surface area contributed by atoms with Crippen LogP contribution >= 0.6 is 0 Å². The number of hydrogen-bond acceptors (Lipinski definition) is 5. The zero-order valence-electron chi connectivity index (χ0n) is 15.2. The molecular formula is C18H27N3O4. The van der Waals surface area contributed by atoms with Gasteiger partial charge in [-0.05, 0) is 31.2 Å². The fraction of sp³-hybridized carbons (Fsp3) is 0.611. The lowest BCUT2D eigenvalue weighted by Crippen LogP contribution is -2.44. The van der Waals surface area contributed by atoms with E-state index in [1.807, 2.05) is 4.90 Å². The number of piperidine rings is 1. The van der Waals surface area contributed by atoms with Crippen molar-refractivity contribution < 1.29 is 19.1 Å². The molecule has 2 rings (SSSR count). The highest BCUT2D eigenvalue weighted by atomic mass is 16.5. The standard InChI is InChI=1S/C18H27N3O4/c1-20(18(23)15-4-5-16(25-3)19-12-15)13-17(22)21-9-6-14(7-10-21)8-11-24-2/h4-5,12,14H,6-11,13H2,1-3H3. The van der Waals surface area contributed by atoms with E-state index >= 15 is 0 Å². The molecule has 7 heteroatoms. The molecule has 1 saturated heterocycles. The van der Waals surface area contributed by atoms with Crippen LogP contribution in [0, 0.1) is 5.92 Å². The van der Waals surface area contributed by atoms with Gasteiger partial charge in [0.05, 0.1) is 19.2 Å². The van der Waals surface area contributed by atoms with Crippen LogP contribution in [0.3, 0.4) is 0 Å². The van der Waals surface area contributed by atoms with E-state index in [1.165, 1.54) is 18.2 Å². The Bertz CT molecular complexity index is 568. The van der Waals surface area contributed by atoms with E-state index in [9.17, 15) is 9.59 Å². The maximum Gasteiger partial charge on any atom is 0.255 e. The smallest absolute Gasteiger partial charge is 0.255 e. The molecule has 1 aliphatic heterocycles. The molecule has 1 aromatic heterocycles. The number of hydrogen-bond donors (Lipinski definition) is 0. The van der Waals surface area contributed by atoms with E-state index < -0.39 is 0 Å². The van der Waals surface area contributed by atoms with Crippen LogP contribution < -0.4 is 4.74 Å². The minimum Gasteiger partial charge on any atom is -0.481 e. The first-order chi connectivity index (χ1) is 12.0. The molecule has 1 aliphatic rings. The highest BCUT2D eigenvalue weighted by Gasteiger charge is 2.24. The van der Waals surface area contributed by atoms with Crippen molar-refractivity contribution in [1.82, 2.24) is 14.8 Å². The van der Waals surface area contributed by atoms with E-state index in [0.29, 0.717) is 17.4 Å². The highest BCUT2D eigenvalue weighted by Crippen LogP contribution is 2.20. The van der Waals surface area contributed by atoms with Gasteiger partial charge >= 0.3 is 0 Å². The molecular weight excluding hydrogens is 322 g/mol. The van der Waals surface area contributed by atoms with Crippen molar-refractivity contribution in [2.45, 2.75) is 19.3 Å². The Kier molecular flexibility index (Phi) is 7.18. The summed E-state index contributed by atoms with van der Waals surface area (Å²) in [6, 6.07) is 3.28. The van der Waals surface area contributed by atoms with E-state index in [4.69, 9.17) is 9.47 Å². The monoisotopic (exact) mass is 349 g/mol. The van der Waals surface area contributed by atoms with Crippen LogP contribution in [0.25, 0.3) is 0 Å². The largest absolute Gasteiger partial charge is 0.481 e. The van der Waals surface area contributed by atoms with Gasteiger partial charge in [0.2, 0.25) is 11.8 Å². The number of aromatic nitrogens is 1. The van der Waals surface area contributed by atoms with E-state index in [0.717, 1.165) is 39.0 Å². The van der Waals surface area contributed by atoms with Crippen molar-refractivity contribution in [2.24, 2.45) is 5.92 Å². The van der Waals surface area contributed by atoms with E-state index in [-0.39, 0.29) is 18.4 Å². The predicted octanol–water partition coefficient (Wildman–Crippen LogP) is 1.44. The van der Waals surface area contributed by atoms with Crippen molar-refractivity contribution in [3.8, 4) is 5.88 Å². The Hall–Kier alpha value is -2.15. The minimum atomic E-state index is -0.224. The van der Waals surface area contributed by atoms with Gasteiger partial charge in [0.25, 0.3) is 5.91 Å². The van der Waals surface area contributed by atoms with Crippen molar-refractivity contribution in [3.05, 3.63) is 23.9 Å². The molecule has 0 aromatic carbocycles. The van der Waals surface area contributed by atoms with Crippen molar-refractivity contribution in [3.63, 3.8) is 0 Å². The average molecular weight is 349 g/mol. The number of likely N-dealkylation sites (tertiary alicyclic amines) is 1. The number of rotatable bonds is 7. The predicted molar refractivity (Wildman–Crippen MR) is 93.5 cm³/mol. The summed E-state index contributed by atoms with van der Waals surface area (Å²) >= 11 is 0. The molecule has 138 valence electrons. The second-order valence-corrected chi connectivity index (χ2v) is 6.36. The fourth-order valence-electron chi connectivity index (χ4n) is 2.98. The topological polar surface area (TPSA) is 72.0 Å². The first kappa shape index (κ1) is 19.2. The van der Waals surface area contributed by atoms with Crippen LogP contribution in [0.4, 0.5) is 0 Å². The molecule has 1 fully saturated rings. The van der Waals surface area contributed by atoms with Crippen molar-refractivity contribution in [1.29, 1.82) is 0 Å². The van der Waals surface area contributed by atoms with Gasteiger partial charge in [-0.25, -0.2) is 4.98 Å². The molecule has 0 saturated carbocycles. The number of ether oxygens (including phenoxy) is 2. The van der Waals surface area contributed by atoms with Crippen LogP contribution in [-0.2, 0) is 9.53 Å². The third-order valence-corrected chi connectivity index (χ3v) is 4.61. The Labute approximate surface area is 148 Å². The molecule has 0 aliphatic carbocycles. The third kappa shape index (κ3) is 5.42. The summed E-state index contributed by atoms with van der Waals surface area (Å²) in [6.07, 6.45) is 4.50. The lowest BCUT2D eigenvalue weighted by atomic mass is 9.94. The molecule has 1 aromatic rings. The first-order valence-corrected chi connectivity index (χ1v) is 8.57. The van der Waals surface area contributed by atoms with Crippen molar-refractivity contribution >= 4 is 11.8 Å². The maximum absolute atomic E-state index is 12.4. The normalized spacial score (nSPS) is 15.1. The molecule has 0 bridgehead atoms. The van der Waals surface area contributed by atoms with Gasteiger partial charge in [0, 0.05) is 46.1 Å². The van der Waals surface area contributed by atoms with Gasteiger partial charge in [-0.1, -0.05) is 0 Å². The number of pyridine rings is 1. The Morgan fingerprint density at radius 3 is 2.56 bits per heavy atom. The van der Waals surface area contributed by atoms with Crippen molar-refractivity contribution in [2.75, 3.05) is 47.5 Å². The molecule has 2 heterocycles. The number of methoxy groups -OCH3 is 2. The number of amides is 2. The second-order valence-electron chi connectivity index (χ2n) is 6.36. The van der Waals surface area contributed by atoms with Crippen LogP contribution in [0.1, 0.15) is 29.6 Å². The highest BCUT2D eigenvalue weighted by molar-refractivity contribution is 5.96. The Balaban J connectivity index is 1.82. The molecule has 0 unspecified atom stereocenters. The van der Waals surface area contributed by atoms with Crippen LogP contribution in [0.15, 0.2) is 18.3 Å². The van der Waals surface area contributed by atoms with Gasteiger partial charge in [-0.2, -0.15) is 0 Å². The summed E-state index contributed by atoms with van der Waals surface area (Å²) in [4.78, 5) is 32.1. The first-order valence-electron chi connectivity index (χ1n) is 8.57. The summed E-state index contributed by atoms with van der Waals surface area (Å²) in [7, 11) is 4.87. The third-order valence-electron chi connectivity index (χ3n) is 4.61. The molecule has 0 N–H and O–H groups in total. The molecule has 25 heavy (non-hydrogen) atoms. The zero-order chi connectivity index (χ0) is 18.2. The number of likely N-dealkylation sites (N-methyl/N-ethyl adjacent to an activating group) is 1. The zero-order valence-corrected chi connectivity index (χ0v) is 15.2. The lowest BCUT2D eigenvalue weighted by molar-refractivity contribution is -0.133. The lowest BCUT2D eigenvalue weighted by Gasteiger charge is -2.33. The van der Waals surface area contributed by atoms with Gasteiger partial charge in [0.15, 0.2) is 0 Å². The summed E-state index contributed by atoms with van der Waals surface area (Å²) < 4.78 is 10.1. The van der Waals surface area contributed by atoms with Crippen LogP contribution in [-0.4, -0.2) is 74.1 Å². The Morgan fingerprint density at radius 1 is 1.28 bits per heavy atom. The number of carbonyl (C=O) groups excluding carboxylic acids is 2. The molecule has 0 spiro atoms. The van der Waals surface area contributed by atoms with Gasteiger partial charge in [-0.15, -0.1) is 0 Å². The fourth-order valence-corrected chi connectivity index (χ4v) is 2.98. The number of carbonyl (C=O) groups is 2. The van der Waals surface area contributed by atoms with Gasteiger partial charge in [0.1, 0.15) is 0 Å². The number of nitrogens with zero attached hydrogens (tertiary/aromatic N) is 3. The Morgan fingerprint density at radius 2 is 2.00 bits per heavy atom. The summed E-state index contributed by atoms with van der Waals surface area (Å²) in [6.45, 7) is 2.35. The molecule has 0 atom stereocenters. The molecule has 7 nitrogen and oxygen atoms in total. The van der Waals surface area contributed by atoms with Gasteiger partial charge < -0.3 is 19.3 Å². The summed E-state index contributed by atoms with van der Waals surface area (Å²) in [5.41, 5.74) is 0.439. The average Bonchev–Trinajstić information content (AvgIpc) is 2.66. The maximum atomic E-state index is 12.4. The SMILES string of the molecule is COCCC1CCN(C(=O)CN(C)C(=O)c2ccc(OC)nc2)CC1.